The van der Waals surface area contributed by atoms with Crippen molar-refractivity contribution in [3.63, 3.8) is 0 Å². The predicted octanol–water partition coefficient (Wildman–Crippen LogP) is 2.86. The van der Waals surface area contributed by atoms with E-state index >= 15 is 0 Å². The maximum absolute atomic E-state index is 10.1. The summed E-state index contributed by atoms with van der Waals surface area (Å²) in [6, 6.07) is 8.25. The van der Waals surface area contributed by atoms with E-state index in [2.05, 4.69) is 17.1 Å². The van der Waals surface area contributed by atoms with Crippen LogP contribution in [0.25, 0.3) is 10.9 Å². The van der Waals surface area contributed by atoms with Gasteiger partial charge in [0.15, 0.2) is 0 Å². The van der Waals surface area contributed by atoms with E-state index in [4.69, 9.17) is 0 Å². The third kappa shape index (κ3) is 2.15. The third-order valence-electron chi connectivity index (χ3n) is 2.47. The van der Waals surface area contributed by atoms with Crippen molar-refractivity contribution in [2.24, 2.45) is 0 Å². The lowest BCUT2D eigenvalue weighted by molar-refractivity contribution is -0.104. The number of carbonyl (C=O) groups excluding carboxylic acids is 1. The molecule has 2 rings (SSSR count). The van der Waals surface area contributed by atoms with Crippen LogP contribution in [0.1, 0.15) is 12.0 Å². The van der Waals surface area contributed by atoms with Crippen molar-refractivity contribution in [2.75, 3.05) is 0 Å². The number of hydrogen-bond donors (Lipinski definition) is 1. The van der Waals surface area contributed by atoms with Crippen LogP contribution in [0.15, 0.2) is 42.6 Å². The SMILES string of the molecule is O=C/C=C/CCc1c[nH]c2ccccc12. The number of para-hydroxylation sites is 1. The van der Waals surface area contributed by atoms with Gasteiger partial charge in [-0.1, -0.05) is 24.3 Å². The number of aromatic nitrogens is 1. The molecule has 2 heteroatoms. The fraction of sp³-hybridized carbons (Fsp3) is 0.154. The zero-order chi connectivity index (χ0) is 10.5. The molecule has 0 aliphatic heterocycles. The Hall–Kier alpha value is -1.83. The molecule has 2 aromatic rings. The molecular weight excluding hydrogens is 186 g/mol. The molecule has 76 valence electrons. The maximum Gasteiger partial charge on any atom is 0.142 e. The maximum atomic E-state index is 10.1. The van der Waals surface area contributed by atoms with Gasteiger partial charge in [-0.25, -0.2) is 0 Å². The summed E-state index contributed by atoms with van der Waals surface area (Å²) >= 11 is 0. The predicted molar refractivity (Wildman–Crippen MR) is 61.8 cm³/mol. The molecule has 2 nitrogen and oxygen atoms in total. The third-order valence-corrected chi connectivity index (χ3v) is 2.47. The van der Waals surface area contributed by atoms with Gasteiger partial charge in [-0.05, 0) is 30.5 Å². The van der Waals surface area contributed by atoms with Gasteiger partial charge in [-0.3, -0.25) is 4.79 Å². The zero-order valence-electron chi connectivity index (χ0n) is 8.44. The second kappa shape index (κ2) is 4.60. The van der Waals surface area contributed by atoms with Gasteiger partial charge in [-0.2, -0.15) is 0 Å². The summed E-state index contributed by atoms with van der Waals surface area (Å²) in [5.74, 6) is 0. The molecule has 15 heavy (non-hydrogen) atoms. The van der Waals surface area contributed by atoms with Crippen molar-refractivity contribution >= 4 is 17.2 Å². The Labute approximate surface area is 88.6 Å². The minimum Gasteiger partial charge on any atom is -0.361 e. The first-order chi connectivity index (χ1) is 7.42. The summed E-state index contributed by atoms with van der Waals surface area (Å²) < 4.78 is 0. The van der Waals surface area contributed by atoms with Crippen LogP contribution < -0.4 is 0 Å². The summed E-state index contributed by atoms with van der Waals surface area (Å²) in [4.78, 5) is 13.3. The van der Waals surface area contributed by atoms with Crippen molar-refractivity contribution in [3.05, 3.63) is 48.2 Å². The highest BCUT2D eigenvalue weighted by molar-refractivity contribution is 5.83. The largest absolute Gasteiger partial charge is 0.361 e. The molecular formula is C13H13NO. The Morgan fingerprint density at radius 3 is 3.00 bits per heavy atom. The summed E-state index contributed by atoms with van der Waals surface area (Å²) in [5, 5.41) is 1.28. The molecule has 0 saturated heterocycles. The minimum atomic E-state index is 0.815. The lowest BCUT2D eigenvalue weighted by atomic mass is 10.1. The lowest BCUT2D eigenvalue weighted by Crippen LogP contribution is -1.80. The Morgan fingerprint density at radius 1 is 1.27 bits per heavy atom. The van der Waals surface area contributed by atoms with Gasteiger partial charge in [0.2, 0.25) is 0 Å². The van der Waals surface area contributed by atoms with E-state index in [1.807, 2.05) is 24.4 Å². The Morgan fingerprint density at radius 2 is 2.13 bits per heavy atom. The molecule has 0 saturated carbocycles. The minimum absolute atomic E-state index is 0.815. The van der Waals surface area contributed by atoms with Gasteiger partial charge in [-0.15, -0.1) is 0 Å². The van der Waals surface area contributed by atoms with Crippen LogP contribution in [0.2, 0.25) is 0 Å². The summed E-state index contributed by atoms with van der Waals surface area (Å²) in [5.41, 5.74) is 2.48. The van der Waals surface area contributed by atoms with Gasteiger partial charge in [0.05, 0.1) is 0 Å². The summed E-state index contributed by atoms with van der Waals surface area (Å²) in [6.45, 7) is 0. The first-order valence-electron chi connectivity index (χ1n) is 5.07. The van der Waals surface area contributed by atoms with Crippen LogP contribution >= 0.6 is 0 Å². The average Bonchev–Trinajstić information content (AvgIpc) is 2.68. The highest BCUT2D eigenvalue weighted by Crippen LogP contribution is 2.18. The Balaban J connectivity index is 2.14. The number of benzene rings is 1. The second-order valence-electron chi connectivity index (χ2n) is 3.46. The second-order valence-corrected chi connectivity index (χ2v) is 3.46. The number of nitrogens with one attached hydrogen (secondary N) is 1. The molecule has 0 atom stereocenters. The Kier molecular flexibility index (Phi) is 2.98. The monoisotopic (exact) mass is 199 g/mol. The number of aryl methyl sites for hydroxylation is 1. The lowest BCUT2D eigenvalue weighted by Gasteiger charge is -1.94. The molecule has 0 radical (unpaired) electrons. The number of H-pyrrole nitrogens is 1. The van der Waals surface area contributed by atoms with E-state index in [1.165, 1.54) is 16.5 Å². The number of rotatable bonds is 4. The first-order valence-corrected chi connectivity index (χ1v) is 5.07. The number of fused-ring (bicyclic) bond motifs is 1. The van der Waals surface area contributed by atoms with E-state index in [1.54, 1.807) is 6.08 Å². The van der Waals surface area contributed by atoms with Crippen LogP contribution in [0.5, 0.6) is 0 Å². The molecule has 0 amide bonds. The molecule has 0 aliphatic carbocycles. The molecule has 0 fully saturated rings. The molecule has 1 heterocycles. The molecule has 1 aromatic carbocycles. The van der Waals surface area contributed by atoms with Gasteiger partial charge in [0.25, 0.3) is 0 Å². The van der Waals surface area contributed by atoms with Crippen molar-refractivity contribution in [1.82, 2.24) is 4.98 Å². The fourth-order valence-corrected chi connectivity index (χ4v) is 1.73. The van der Waals surface area contributed by atoms with Gasteiger partial charge >= 0.3 is 0 Å². The van der Waals surface area contributed by atoms with Crippen molar-refractivity contribution in [3.8, 4) is 0 Å². The zero-order valence-corrected chi connectivity index (χ0v) is 8.44. The molecule has 1 N–H and O–H groups in total. The van der Waals surface area contributed by atoms with Crippen LogP contribution in [0.4, 0.5) is 0 Å². The van der Waals surface area contributed by atoms with Crippen molar-refractivity contribution < 1.29 is 4.79 Å². The molecule has 0 aliphatic rings. The number of aldehydes is 1. The van der Waals surface area contributed by atoms with Gasteiger partial charge in [0, 0.05) is 17.1 Å². The standard InChI is InChI=1S/C13H13NO/c15-9-5-1-2-6-11-10-14-13-8-4-3-7-12(11)13/h1,3-5,7-10,14H,2,6H2/b5-1+. The van der Waals surface area contributed by atoms with Crippen molar-refractivity contribution in [2.45, 2.75) is 12.8 Å². The smallest absolute Gasteiger partial charge is 0.142 e. The highest BCUT2D eigenvalue weighted by atomic mass is 16.1. The van der Waals surface area contributed by atoms with E-state index in [-0.39, 0.29) is 0 Å². The van der Waals surface area contributed by atoms with E-state index in [9.17, 15) is 4.79 Å². The number of aromatic amines is 1. The Bertz CT molecular complexity index is 482. The number of hydrogen-bond acceptors (Lipinski definition) is 1. The summed E-state index contributed by atoms with van der Waals surface area (Å²) in [6.07, 6.45) is 8.17. The quantitative estimate of drug-likeness (QED) is 0.596. The molecule has 0 bridgehead atoms. The van der Waals surface area contributed by atoms with E-state index in [0.717, 1.165) is 19.1 Å². The van der Waals surface area contributed by atoms with Crippen LogP contribution in [-0.4, -0.2) is 11.3 Å². The number of carbonyl (C=O) groups is 1. The topological polar surface area (TPSA) is 32.9 Å². The highest BCUT2D eigenvalue weighted by Gasteiger charge is 2.00. The van der Waals surface area contributed by atoms with Gasteiger partial charge in [0.1, 0.15) is 6.29 Å². The van der Waals surface area contributed by atoms with Crippen LogP contribution in [0, 0.1) is 0 Å². The van der Waals surface area contributed by atoms with Crippen molar-refractivity contribution in [1.29, 1.82) is 0 Å². The van der Waals surface area contributed by atoms with E-state index < -0.39 is 0 Å². The fourth-order valence-electron chi connectivity index (χ4n) is 1.73. The van der Waals surface area contributed by atoms with Gasteiger partial charge < -0.3 is 4.98 Å². The molecule has 0 unspecified atom stereocenters. The average molecular weight is 199 g/mol. The number of allylic oxidation sites excluding steroid dienone is 2. The van der Waals surface area contributed by atoms with Crippen LogP contribution in [0.3, 0.4) is 0 Å². The van der Waals surface area contributed by atoms with E-state index in [0.29, 0.717) is 0 Å². The summed E-state index contributed by atoms with van der Waals surface area (Å²) in [7, 11) is 0. The molecule has 1 aromatic heterocycles. The molecule has 0 spiro atoms. The normalized spacial score (nSPS) is 11.2. The first kappa shape index (κ1) is 9.71. The van der Waals surface area contributed by atoms with Crippen LogP contribution in [-0.2, 0) is 11.2 Å².